The highest BCUT2D eigenvalue weighted by atomic mass is 79.9. The minimum absolute atomic E-state index is 0.0334. The summed E-state index contributed by atoms with van der Waals surface area (Å²) in [6.07, 6.45) is -0.371. The number of aromatic amines is 1. The van der Waals surface area contributed by atoms with Crippen LogP contribution in [-0.2, 0) is 10.3 Å². The fourth-order valence-corrected chi connectivity index (χ4v) is 5.11. The van der Waals surface area contributed by atoms with E-state index in [4.69, 9.17) is 4.74 Å². The Labute approximate surface area is 185 Å². The topological polar surface area (TPSA) is 95.5 Å². The van der Waals surface area contributed by atoms with E-state index in [1.54, 1.807) is 26.8 Å². The van der Waals surface area contributed by atoms with E-state index in [1.807, 2.05) is 30.3 Å². The molecule has 2 atom stereocenters. The van der Waals surface area contributed by atoms with E-state index >= 15 is 0 Å². The van der Waals surface area contributed by atoms with Crippen LogP contribution in [0.5, 0.6) is 0 Å². The van der Waals surface area contributed by atoms with Crippen LogP contribution in [-0.4, -0.2) is 38.2 Å². The van der Waals surface area contributed by atoms with Gasteiger partial charge in [0.1, 0.15) is 21.7 Å². The van der Waals surface area contributed by atoms with Crippen LogP contribution in [0, 0.1) is 0 Å². The van der Waals surface area contributed by atoms with E-state index < -0.39 is 23.3 Å². The lowest BCUT2D eigenvalue weighted by Gasteiger charge is -2.28. The Kier molecular flexibility index (Phi) is 5.24. The van der Waals surface area contributed by atoms with Crippen LogP contribution in [0.25, 0.3) is 10.2 Å². The largest absolute Gasteiger partial charge is 0.444 e. The number of fused-ring (bicyclic) bond motifs is 1. The molecule has 30 heavy (non-hydrogen) atoms. The number of ether oxygens (including phenoxy) is 1. The molecule has 4 rings (SSSR count). The first-order valence-corrected chi connectivity index (χ1v) is 11.1. The second-order valence-electron chi connectivity index (χ2n) is 8.44. The lowest BCUT2D eigenvalue weighted by Crippen LogP contribution is -2.39. The maximum atomic E-state index is 13.0. The Morgan fingerprint density at radius 2 is 2.07 bits per heavy atom. The van der Waals surface area contributed by atoms with Gasteiger partial charge in [-0.05, 0) is 48.3 Å². The van der Waals surface area contributed by atoms with Gasteiger partial charge in [-0.25, -0.2) is 9.78 Å². The number of hydrogen-bond donors (Lipinski definition) is 2. The van der Waals surface area contributed by atoms with Gasteiger partial charge in [-0.15, -0.1) is 11.3 Å². The number of hydrogen-bond acceptors (Lipinski definition) is 6. The van der Waals surface area contributed by atoms with E-state index in [0.29, 0.717) is 21.6 Å². The molecule has 1 saturated heterocycles. The molecule has 7 nitrogen and oxygen atoms in total. The SMILES string of the molecule is CC(C)(C)OC(=O)N1CC(O)(c2ccccc2)CC1c1nc2cc(Br)sc2c(=O)[nH]1. The molecule has 1 fully saturated rings. The van der Waals surface area contributed by atoms with E-state index in [0.717, 1.165) is 3.79 Å². The number of aliphatic hydroxyl groups is 1. The van der Waals surface area contributed by atoms with Crippen molar-refractivity contribution in [3.63, 3.8) is 0 Å². The quantitative estimate of drug-likeness (QED) is 0.556. The maximum Gasteiger partial charge on any atom is 0.411 e. The van der Waals surface area contributed by atoms with Crippen LogP contribution in [0.2, 0.25) is 0 Å². The monoisotopic (exact) mass is 491 g/mol. The Morgan fingerprint density at radius 3 is 2.73 bits per heavy atom. The zero-order valence-electron chi connectivity index (χ0n) is 16.8. The van der Waals surface area contributed by atoms with Crippen LogP contribution in [0.1, 0.15) is 44.6 Å². The molecule has 2 aromatic heterocycles. The van der Waals surface area contributed by atoms with Crippen molar-refractivity contribution in [2.45, 2.75) is 44.4 Å². The number of rotatable bonds is 2. The first kappa shape index (κ1) is 21.0. The molecule has 2 N–H and O–H groups in total. The Hall–Kier alpha value is -2.23. The highest BCUT2D eigenvalue weighted by Crippen LogP contribution is 2.43. The van der Waals surface area contributed by atoms with Crippen molar-refractivity contribution in [3.05, 3.63) is 61.9 Å². The molecular weight excluding hydrogens is 470 g/mol. The van der Waals surface area contributed by atoms with Crippen LogP contribution in [0.4, 0.5) is 4.79 Å². The van der Waals surface area contributed by atoms with Gasteiger partial charge in [-0.2, -0.15) is 0 Å². The number of carbonyl (C=O) groups is 1. The van der Waals surface area contributed by atoms with Crippen molar-refractivity contribution in [3.8, 4) is 0 Å². The predicted octanol–water partition coefficient (Wildman–Crippen LogP) is 4.32. The number of halogens is 1. The molecule has 3 aromatic rings. The number of aromatic nitrogens is 2. The molecule has 0 saturated carbocycles. The number of likely N-dealkylation sites (tertiary alicyclic amines) is 1. The number of nitrogens with zero attached hydrogens (tertiary/aromatic N) is 2. The first-order chi connectivity index (χ1) is 14.1. The molecule has 1 aliphatic rings. The first-order valence-electron chi connectivity index (χ1n) is 9.52. The molecule has 1 amide bonds. The summed E-state index contributed by atoms with van der Waals surface area (Å²) in [5.41, 5.74) is -1.01. The zero-order chi connectivity index (χ0) is 21.7. The summed E-state index contributed by atoms with van der Waals surface area (Å²) in [6, 6.07) is 10.3. The van der Waals surface area contributed by atoms with Gasteiger partial charge in [0.05, 0.1) is 21.9 Å². The lowest BCUT2D eigenvalue weighted by molar-refractivity contribution is 0.0109. The lowest BCUT2D eigenvalue weighted by atomic mass is 9.91. The Bertz CT molecular complexity index is 1150. The number of benzene rings is 1. The number of nitrogens with one attached hydrogen (secondary N) is 1. The molecule has 3 heterocycles. The van der Waals surface area contributed by atoms with Crippen molar-refractivity contribution in [2.75, 3.05) is 6.54 Å². The average molecular weight is 492 g/mol. The van der Waals surface area contributed by atoms with Crippen LogP contribution < -0.4 is 5.56 Å². The summed E-state index contributed by atoms with van der Waals surface area (Å²) < 4.78 is 6.88. The van der Waals surface area contributed by atoms with Gasteiger partial charge in [-0.3, -0.25) is 9.69 Å². The number of H-pyrrole nitrogens is 1. The summed E-state index contributed by atoms with van der Waals surface area (Å²) in [7, 11) is 0. The van der Waals surface area contributed by atoms with Gasteiger partial charge in [0.25, 0.3) is 5.56 Å². The summed E-state index contributed by atoms with van der Waals surface area (Å²) in [5, 5.41) is 11.4. The minimum Gasteiger partial charge on any atom is -0.444 e. The average Bonchev–Trinajstić information content (AvgIpc) is 3.22. The highest BCUT2D eigenvalue weighted by Gasteiger charge is 2.48. The molecule has 1 aromatic carbocycles. The molecule has 0 spiro atoms. The third kappa shape index (κ3) is 4.01. The molecule has 0 aliphatic carbocycles. The predicted molar refractivity (Wildman–Crippen MR) is 119 cm³/mol. The van der Waals surface area contributed by atoms with Crippen LogP contribution in [0.3, 0.4) is 0 Å². The highest BCUT2D eigenvalue weighted by molar-refractivity contribution is 9.11. The number of carbonyl (C=O) groups excluding carboxylic acids is 1. The van der Waals surface area contributed by atoms with E-state index in [-0.39, 0.29) is 18.5 Å². The van der Waals surface area contributed by atoms with Crippen molar-refractivity contribution in [2.24, 2.45) is 0 Å². The molecule has 1 aliphatic heterocycles. The Balaban J connectivity index is 1.78. The smallest absolute Gasteiger partial charge is 0.411 e. The molecule has 158 valence electrons. The minimum atomic E-state index is -1.29. The van der Waals surface area contributed by atoms with Crippen molar-refractivity contribution >= 4 is 43.6 Å². The summed E-state index contributed by atoms with van der Waals surface area (Å²) >= 11 is 4.68. The summed E-state index contributed by atoms with van der Waals surface area (Å²) in [5.74, 6) is 0.329. The summed E-state index contributed by atoms with van der Waals surface area (Å²) in [6.45, 7) is 5.39. The van der Waals surface area contributed by atoms with Crippen molar-refractivity contribution < 1.29 is 14.6 Å². The summed E-state index contributed by atoms with van der Waals surface area (Å²) in [4.78, 5) is 34.4. The van der Waals surface area contributed by atoms with E-state index in [2.05, 4.69) is 25.9 Å². The Morgan fingerprint density at radius 1 is 1.37 bits per heavy atom. The van der Waals surface area contributed by atoms with Crippen LogP contribution in [0.15, 0.2) is 45.0 Å². The van der Waals surface area contributed by atoms with Gasteiger partial charge in [0.2, 0.25) is 0 Å². The van der Waals surface area contributed by atoms with Gasteiger partial charge in [0.15, 0.2) is 0 Å². The molecule has 2 unspecified atom stereocenters. The van der Waals surface area contributed by atoms with E-state index in [9.17, 15) is 14.7 Å². The normalized spacial score (nSPS) is 21.9. The van der Waals surface area contributed by atoms with Crippen molar-refractivity contribution in [1.82, 2.24) is 14.9 Å². The fourth-order valence-electron chi connectivity index (χ4n) is 3.69. The fraction of sp³-hybridized carbons (Fsp3) is 0.381. The van der Waals surface area contributed by atoms with E-state index in [1.165, 1.54) is 16.2 Å². The molecule has 9 heteroatoms. The molecule has 0 bridgehead atoms. The standard InChI is InChI=1S/C21H22BrN3O4S/c1-20(2,3)29-19(27)25-11-21(28,12-7-5-4-6-8-12)10-14(25)17-23-13-9-15(22)30-16(13)18(26)24-17/h4-9,14,28H,10-11H2,1-3H3,(H,23,24,26). The second kappa shape index (κ2) is 7.47. The molecular formula is C21H22BrN3O4S. The maximum absolute atomic E-state index is 13.0. The number of thiophene rings is 1. The van der Waals surface area contributed by atoms with Gasteiger partial charge >= 0.3 is 6.09 Å². The van der Waals surface area contributed by atoms with Crippen molar-refractivity contribution in [1.29, 1.82) is 0 Å². The number of β-amino-alcohol motifs (C(OH)–C–C–N with tert-alkyl or cyclic N) is 1. The zero-order valence-corrected chi connectivity index (χ0v) is 19.2. The van der Waals surface area contributed by atoms with Gasteiger partial charge in [-0.1, -0.05) is 30.3 Å². The molecule has 0 radical (unpaired) electrons. The number of amides is 1. The van der Waals surface area contributed by atoms with Gasteiger partial charge in [0, 0.05) is 6.42 Å². The van der Waals surface area contributed by atoms with Crippen LogP contribution >= 0.6 is 27.3 Å². The van der Waals surface area contributed by atoms with Gasteiger partial charge < -0.3 is 14.8 Å². The third-order valence-corrected chi connectivity index (χ3v) is 6.59. The third-order valence-electron chi connectivity index (χ3n) is 4.97. The second-order valence-corrected chi connectivity index (χ2v) is 10.9.